The van der Waals surface area contributed by atoms with Crippen LogP contribution < -0.4 is 5.32 Å². The molecule has 0 bridgehead atoms. The van der Waals surface area contributed by atoms with Crippen molar-refractivity contribution in [2.75, 3.05) is 18.4 Å². The van der Waals surface area contributed by atoms with Gasteiger partial charge in [-0.1, -0.05) is 29.8 Å². The molecule has 0 spiro atoms. The van der Waals surface area contributed by atoms with Crippen molar-refractivity contribution in [3.05, 3.63) is 64.7 Å². The van der Waals surface area contributed by atoms with Gasteiger partial charge in [-0.05, 0) is 62.4 Å². The second-order valence-electron chi connectivity index (χ2n) is 8.26. The number of benzene rings is 2. The van der Waals surface area contributed by atoms with Gasteiger partial charge >= 0.3 is 0 Å². The third-order valence-corrected chi connectivity index (χ3v) is 5.97. The number of nitrogens with zero attached hydrogens (tertiary/aromatic N) is 2. The Morgan fingerprint density at radius 2 is 1.83 bits per heavy atom. The Hall–Kier alpha value is -3.15. The number of hydrogen-bond acceptors (Lipinski definition) is 3. The van der Waals surface area contributed by atoms with Crippen LogP contribution in [0, 0.1) is 13.8 Å². The highest BCUT2D eigenvalue weighted by Gasteiger charge is 2.40. The fraction of sp³-hybridized carbons (Fsp3) is 0.375. The minimum Gasteiger partial charge on any atom is -0.329 e. The van der Waals surface area contributed by atoms with E-state index in [9.17, 15) is 14.4 Å². The molecule has 1 unspecified atom stereocenters. The molecule has 2 aromatic carbocycles. The number of nitrogens with one attached hydrogen (secondary N) is 1. The molecule has 0 saturated carbocycles. The fourth-order valence-corrected chi connectivity index (χ4v) is 4.29. The van der Waals surface area contributed by atoms with E-state index in [0.717, 1.165) is 41.6 Å². The molecular weight excluding hydrogens is 378 g/mol. The van der Waals surface area contributed by atoms with Crippen molar-refractivity contribution in [1.29, 1.82) is 0 Å². The van der Waals surface area contributed by atoms with Gasteiger partial charge in [-0.3, -0.25) is 14.4 Å². The number of piperidine rings is 1. The van der Waals surface area contributed by atoms with Gasteiger partial charge in [0.2, 0.25) is 11.8 Å². The predicted molar refractivity (Wildman–Crippen MR) is 115 cm³/mol. The van der Waals surface area contributed by atoms with Crippen molar-refractivity contribution in [3.63, 3.8) is 0 Å². The molecule has 6 heteroatoms. The quantitative estimate of drug-likeness (QED) is 0.849. The summed E-state index contributed by atoms with van der Waals surface area (Å²) >= 11 is 0. The summed E-state index contributed by atoms with van der Waals surface area (Å²) in [5, 5.41) is 2.94. The van der Waals surface area contributed by atoms with Crippen LogP contribution in [-0.2, 0) is 16.1 Å². The summed E-state index contributed by atoms with van der Waals surface area (Å²) in [5.41, 5.74) is 4.42. The number of hydrogen-bond donors (Lipinski definition) is 1. The van der Waals surface area contributed by atoms with Gasteiger partial charge in [0.1, 0.15) is 12.6 Å². The van der Waals surface area contributed by atoms with E-state index in [1.807, 2.05) is 44.2 Å². The fourth-order valence-electron chi connectivity index (χ4n) is 4.29. The number of carbonyl (C=O) groups excluding carboxylic acids is 3. The average Bonchev–Trinajstić information content (AvgIpc) is 2.74. The molecule has 2 aliphatic heterocycles. The van der Waals surface area contributed by atoms with Gasteiger partial charge in [-0.2, -0.15) is 0 Å². The lowest BCUT2D eigenvalue weighted by molar-refractivity contribution is -0.158. The summed E-state index contributed by atoms with van der Waals surface area (Å²) in [7, 11) is 0. The maximum Gasteiger partial charge on any atom is 0.255 e. The first-order valence-corrected chi connectivity index (χ1v) is 10.5. The van der Waals surface area contributed by atoms with E-state index in [2.05, 4.69) is 5.32 Å². The van der Waals surface area contributed by atoms with Crippen molar-refractivity contribution in [2.45, 2.75) is 45.7 Å². The van der Waals surface area contributed by atoms with E-state index in [1.54, 1.807) is 21.9 Å². The van der Waals surface area contributed by atoms with E-state index in [4.69, 9.17) is 0 Å². The van der Waals surface area contributed by atoms with Crippen LogP contribution in [0.1, 0.15) is 46.3 Å². The summed E-state index contributed by atoms with van der Waals surface area (Å²) in [6, 6.07) is 12.8. The molecule has 2 aliphatic rings. The Labute approximate surface area is 176 Å². The minimum atomic E-state index is -0.303. The molecule has 2 saturated heterocycles. The van der Waals surface area contributed by atoms with Crippen LogP contribution in [0.3, 0.4) is 0 Å². The van der Waals surface area contributed by atoms with Gasteiger partial charge in [0, 0.05) is 24.3 Å². The molecule has 2 heterocycles. The first kappa shape index (κ1) is 20.1. The molecule has 0 aliphatic carbocycles. The predicted octanol–water partition coefficient (Wildman–Crippen LogP) is 3.28. The number of fused-ring (bicyclic) bond motifs is 1. The van der Waals surface area contributed by atoms with E-state index >= 15 is 0 Å². The first-order valence-electron chi connectivity index (χ1n) is 10.5. The third-order valence-electron chi connectivity index (χ3n) is 5.97. The highest BCUT2D eigenvalue weighted by atomic mass is 16.2. The van der Waals surface area contributed by atoms with Crippen LogP contribution >= 0.6 is 0 Å². The Kier molecular flexibility index (Phi) is 5.57. The molecule has 156 valence electrons. The zero-order valence-corrected chi connectivity index (χ0v) is 17.5. The van der Waals surface area contributed by atoms with Crippen LogP contribution in [0.5, 0.6) is 0 Å². The van der Waals surface area contributed by atoms with Crippen molar-refractivity contribution in [3.8, 4) is 0 Å². The Morgan fingerprint density at radius 3 is 2.57 bits per heavy atom. The zero-order chi connectivity index (χ0) is 21.3. The maximum atomic E-state index is 12.8. The minimum absolute atomic E-state index is 0.0313. The molecule has 0 aromatic heterocycles. The monoisotopic (exact) mass is 405 g/mol. The second kappa shape index (κ2) is 8.30. The lowest BCUT2D eigenvalue weighted by Crippen LogP contribution is -2.60. The first-order chi connectivity index (χ1) is 14.4. The average molecular weight is 405 g/mol. The van der Waals surface area contributed by atoms with E-state index in [0.29, 0.717) is 18.7 Å². The van der Waals surface area contributed by atoms with Gasteiger partial charge in [-0.25, -0.2) is 0 Å². The topological polar surface area (TPSA) is 69.7 Å². The van der Waals surface area contributed by atoms with E-state index < -0.39 is 0 Å². The number of amides is 3. The molecule has 0 radical (unpaired) electrons. The van der Waals surface area contributed by atoms with E-state index in [1.165, 1.54) is 0 Å². The van der Waals surface area contributed by atoms with Crippen molar-refractivity contribution < 1.29 is 14.4 Å². The Balaban J connectivity index is 1.41. The Morgan fingerprint density at radius 1 is 1.07 bits per heavy atom. The van der Waals surface area contributed by atoms with Crippen LogP contribution in [-0.4, -0.2) is 46.7 Å². The van der Waals surface area contributed by atoms with Crippen molar-refractivity contribution in [1.82, 2.24) is 9.80 Å². The van der Waals surface area contributed by atoms with Crippen LogP contribution in [0.25, 0.3) is 0 Å². The number of aryl methyl sites for hydroxylation is 2. The van der Waals surface area contributed by atoms with E-state index in [-0.39, 0.29) is 30.3 Å². The van der Waals surface area contributed by atoms with Crippen LogP contribution in [0.2, 0.25) is 0 Å². The van der Waals surface area contributed by atoms with Gasteiger partial charge in [-0.15, -0.1) is 0 Å². The van der Waals surface area contributed by atoms with Crippen molar-refractivity contribution >= 4 is 23.4 Å². The van der Waals surface area contributed by atoms with Crippen LogP contribution in [0.15, 0.2) is 42.5 Å². The Bertz CT molecular complexity index is 984. The summed E-state index contributed by atoms with van der Waals surface area (Å²) in [4.78, 5) is 41.2. The number of carbonyl (C=O) groups is 3. The molecule has 2 aromatic rings. The molecule has 3 amide bonds. The normalized spacial score (nSPS) is 18.9. The smallest absolute Gasteiger partial charge is 0.255 e. The maximum absolute atomic E-state index is 12.8. The molecule has 30 heavy (non-hydrogen) atoms. The highest BCUT2D eigenvalue weighted by Crippen LogP contribution is 2.24. The standard InChI is InChI=1S/C24H27N3O3/c1-16-6-11-20(17(2)13-16)25-23(29)19-9-7-18(8-10-19)14-26-15-22(28)27-12-4-3-5-21(27)24(26)30/h6-11,13,21H,3-5,12,14-15H2,1-2H3,(H,25,29). The van der Waals surface area contributed by atoms with Gasteiger partial charge in [0.25, 0.3) is 5.91 Å². The van der Waals surface area contributed by atoms with Gasteiger partial charge in [0.05, 0.1) is 0 Å². The number of rotatable bonds is 4. The molecular formula is C24H27N3O3. The number of piperazine rings is 1. The SMILES string of the molecule is Cc1ccc(NC(=O)c2ccc(CN3CC(=O)N4CCCCC4C3=O)cc2)c(C)c1. The highest BCUT2D eigenvalue weighted by molar-refractivity contribution is 6.04. The number of anilines is 1. The second-order valence-corrected chi connectivity index (χ2v) is 8.26. The van der Waals surface area contributed by atoms with Crippen LogP contribution in [0.4, 0.5) is 5.69 Å². The largest absolute Gasteiger partial charge is 0.329 e. The molecule has 4 rings (SSSR count). The summed E-state index contributed by atoms with van der Waals surface area (Å²) in [5.74, 6) is -0.106. The summed E-state index contributed by atoms with van der Waals surface area (Å²) in [6.45, 7) is 5.19. The lowest BCUT2D eigenvalue weighted by atomic mass is 9.98. The van der Waals surface area contributed by atoms with Gasteiger partial charge < -0.3 is 15.1 Å². The van der Waals surface area contributed by atoms with Crippen molar-refractivity contribution in [2.24, 2.45) is 0 Å². The summed E-state index contributed by atoms with van der Waals surface area (Å²) < 4.78 is 0. The molecule has 6 nitrogen and oxygen atoms in total. The third kappa shape index (κ3) is 4.08. The lowest BCUT2D eigenvalue weighted by Gasteiger charge is -2.42. The molecule has 1 atom stereocenters. The molecule has 1 N–H and O–H groups in total. The van der Waals surface area contributed by atoms with Gasteiger partial charge in [0.15, 0.2) is 0 Å². The molecule has 2 fully saturated rings. The zero-order valence-electron chi connectivity index (χ0n) is 17.5. The summed E-state index contributed by atoms with van der Waals surface area (Å²) in [6.07, 6.45) is 2.71.